The van der Waals surface area contributed by atoms with Gasteiger partial charge in [0.1, 0.15) is 0 Å². The SMILES string of the molecule is CCCC(C(C)C)N(C)CC1CC1C(=O)N1CCN(C(c2ccccc2)c2ccccc2)CC1. The van der Waals surface area contributed by atoms with E-state index in [4.69, 9.17) is 0 Å². The summed E-state index contributed by atoms with van der Waals surface area (Å²) < 4.78 is 0. The summed E-state index contributed by atoms with van der Waals surface area (Å²) >= 11 is 0. The topological polar surface area (TPSA) is 26.8 Å². The Kier molecular flexibility index (Phi) is 8.44. The lowest BCUT2D eigenvalue weighted by Gasteiger charge is -2.40. The number of nitrogens with zero attached hydrogens (tertiary/aromatic N) is 3. The molecule has 1 aliphatic heterocycles. The molecule has 0 bridgehead atoms. The summed E-state index contributed by atoms with van der Waals surface area (Å²) in [6.07, 6.45) is 3.53. The molecule has 3 atom stereocenters. The summed E-state index contributed by atoms with van der Waals surface area (Å²) in [5.74, 6) is 1.83. The Labute approximate surface area is 206 Å². The van der Waals surface area contributed by atoms with Crippen molar-refractivity contribution in [2.75, 3.05) is 39.8 Å². The van der Waals surface area contributed by atoms with Gasteiger partial charge in [-0.05, 0) is 42.9 Å². The van der Waals surface area contributed by atoms with E-state index in [0.29, 0.717) is 23.8 Å². The second-order valence-electron chi connectivity index (χ2n) is 10.7. The first-order chi connectivity index (χ1) is 16.5. The molecule has 2 fully saturated rings. The molecular formula is C30H43N3O. The smallest absolute Gasteiger partial charge is 0.226 e. The van der Waals surface area contributed by atoms with Crippen LogP contribution in [-0.2, 0) is 4.79 Å². The monoisotopic (exact) mass is 461 g/mol. The Balaban J connectivity index is 1.33. The fraction of sp³-hybridized carbons (Fsp3) is 0.567. The summed E-state index contributed by atoms with van der Waals surface area (Å²) in [7, 11) is 2.26. The normalized spacial score (nSPS) is 21.9. The van der Waals surface area contributed by atoms with Crippen molar-refractivity contribution in [3.05, 3.63) is 71.8 Å². The number of benzene rings is 2. The fourth-order valence-corrected chi connectivity index (χ4v) is 5.94. The van der Waals surface area contributed by atoms with Gasteiger partial charge in [-0.1, -0.05) is 87.9 Å². The van der Waals surface area contributed by atoms with Crippen molar-refractivity contribution < 1.29 is 4.79 Å². The molecule has 1 saturated carbocycles. The van der Waals surface area contributed by atoms with Crippen LogP contribution in [-0.4, -0.2) is 66.4 Å². The van der Waals surface area contributed by atoms with Crippen LogP contribution in [0.15, 0.2) is 60.7 Å². The third kappa shape index (κ3) is 5.90. The molecule has 2 aromatic carbocycles. The van der Waals surface area contributed by atoms with Crippen LogP contribution in [0, 0.1) is 17.8 Å². The number of piperazine rings is 1. The van der Waals surface area contributed by atoms with Crippen LogP contribution in [0.25, 0.3) is 0 Å². The van der Waals surface area contributed by atoms with Crippen molar-refractivity contribution in [3.63, 3.8) is 0 Å². The average Bonchev–Trinajstić information content (AvgIpc) is 3.62. The highest BCUT2D eigenvalue weighted by molar-refractivity contribution is 5.81. The van der Waals surface area contributed by atoms with E-state index >= 15 is 0 Å². The molecule has 1 amide bonds. The number of carbonyl (C=O) groups is 1. The lowest BCUT2D eigenvalue weighted by molar-refractivity contribution is -0.135. The van der Waals surface area contributed by atoms with Gasteiger partial charge in [0.25, 0.3) is 0 Å². The largest absolute Gasteiger partial charge is 0.340 e. The Hall–Kier alpha value is -2.17. The summed E-state index contributed by atoms with van der Waals surface area (Å²) in [4.78, 5) is 20.5. The van der Waals surface area contributed by atoms with Gasteiger partial charge >= 0.3 is 0 Å². The van der Waals surface area contributed by atoms with E-state index in [0.717, 1.165) is 39.1 Å². The highest BCUT2D eigenvalue weighted by Crippen LogP contribution is 2.41. The van der Waals surface area contributed by atoms with E-state index in [9.17, 15) is 4.79 Å². The number of carbonyl (C=O) groups excluding carboxylic acids is 1. The number of rotatable bonds is 10. The second-order valence-corrected chi connectivity index (χ2v) is 10.7. The van der Waals surface area contributed by atoms with Crippen LogP contribution >= 0.6 is 0 Å². The first-order valence-corrected chi connectivity index (χ1v) is 13.3. The maximum atomic E-state index is 13.3. The van der Waals surface area contributed by atoms with Gasteiger partial charge in [-0.25, -0.2) is 0 Å². The Morgan fingerprint density at radius 2 is 1.50 bits per heavy atom. The van der Waals surface area contributed by atoms with Gasteiger partial charge in [-0.2, -0.15) is 0 Å². The van der Waals surface area contributed by atoms with Crippen LogP contribution in [0.5, 0.6) is 0 Å². The zero-order valence-electron chi connectivity index (χ0n) is 21.6. The molecule has 2 aliphatic rings. The summed E-state index contributed by atoms with van der Waals surface area (Å²) in [6, 6.07) is 22.4. The van der Waals surface area contributed by atoms with Crippen molar-refractivity contribution >= 4 is 5.91 Å². The maximum absolute atomic E-state index is 13.3. The molecule has 1 saturated heterocycles. The first-order valence-electron chi connectivity index (χ1n) is 13.3. The molecule has 2 aromatic rings. The van der Waals surface area contributed by atoms with E-state index in [1.165, 1.54) is 24.0 Å². The van der Waals surface area contributed by atoms with Gasteiger partial charge < -0.3 is 9.80 Å². The lowest BCUT2D eigenvalue weighted by Crippen LogP contribution is -2.50. The van der Waals surface area contributed by atoms with E-state index in [2.05, 4.69) is 103 Å². The zero-order valence-corrected chi connectivity index (χ0v) is 21.6. The van der Waals surface area contributed by atoms with Gasteiger partial charge in [0.2, 0.25) is 5.91 Å². The third-order valence-electron chi connectivity index (χ3n) is 7.90. The van der Waals surface area contributed by atoms with Crippen LogP contribution in [0.4, 0.5) is 0 Å². The summed E-state index contributed by atoms with van der Waals surface area (Å²) in [6.45, 7) is 11.5. The third-order valence-corrected chi connectivity index (χ3v) is 7.90. The van der Waals surface area contributed by atoms with Gasteiger partial charge in [-0.3, -0.25) is 9.69 Å². The maximum Gasteiger partial charge on any atom is 0.226 e. The van der Waals surface area contributed by atoms with Gasteiger partial charge in [-0.15, -0.1) is 0 Å². The molecule has 0 radical (unpaired) electrons. The van der Waals surface area contributed by atoms with Crippen molar-refractivity contribution in [2.45, 2.75) is 52.1 Å². The molecule has 34 heavy (non-hydrogen) atoms. The average molecular weight is 462 g/mol. The van der Waals surface area contributed by atoms with Gasteiger partial charge in [0.15, 0.2) is 0 Å². The highest BCUT2D eigenvalue weighted by Gasteiger charge is 2.46. The molecule has 0 N–H and O–H groups in total. The molecule has 184 valence electrons. The van der Waals surface area contributed by atoms with Crippen molar-refractivity contribution in [3.8, 4) is 0 Å². The van der Waals surface area contributed by atoms with Crippen molar-refractivity contribution in [1.82, 2.24) is 14.7 Å². The second kappa shape index (κ2) is 11.5. The summed E-state index contributed by atoms with van der Waals surface area (Å²) in [5.41, 5.74) is 2.65. The highest BCUT2D eigenvalue weighted by atomic mass is 16.2. The standard InChI is InChI=1S/C30H43N3O/c1-5-12-28(23(2)3)31(4)22-26-21-27(26)30(34)33-19-17-32(18-20-33)29(24-13-8-6-9-14-24)25-15-10-7-11-16-25/h6-11,13-16,23,26-29H,5,12,17-22H2,1-4H3. The summed E-state index contributed by atoms with van der Waals surface area (Å²) in [5, 5.41) is 0. The van der Waals surface area contributed by atoms with Crippen molar-refractivity contribution in [2.24, 2.45) is 17.8 Å². The predicted molar refractivity (Wildman–Crippen MR) is 141 cm³/mol. The number of hydrogen-bond donors (Lipinski definition) is 0. The fourth-order valence-electron chi connectivity index (χ4n) is 5.94. The zero-order chi connectivity index (χ0) is 24.1. The molecular weight excluding hydrogens is 418 g/mol. The minimum Gasteiger partial charge on any atom is -0.340 e. The minimum atomic E-state index is 0.238. The van der Waals surface area contributed by atoms with E-state index in [-0.39, 0.29) is 12.0 Å². The minimum absolute atomic E-state index is 0.238. The predicted octanol–water partition coefficient (Wildman–Crippen LogP) is 5.31. The Morgan fingerprint density at radius 1 is 0.941 bits per heavy atom. The molecule has 3 unspecified atom stereocenters. The number of hydrogen-bond acceptors (Lipinski definition) is 3. The number of amides is 1. The quantitative estimate of drug-likeness (QED) is 0.480. The molecule has 1 aliphatic carbocycles. The Morgan fingerprint density at radius 3 is 2.00 bits per heavy atom. The van der Waals surface area contributed by atoms with Gasteiger partial charge in [0.05, 0.1) is 6.04 Å². The molecule has 0 aromatic heterocycles. The van der Waals surface area contributed by atoms with Gasteiger partial charge in [0, 0.05) is 44.7 Å². The molecule has 4 rings (SSSR count). The Bertz CT molecular complexity index is 852. The molecule has 4 nitrogen and oxygen atoms in total. The van der Waals surface area contributed by atoms with Crippen LogP contribution in [0.2, 0.25) is 0 Å². The van der Waals surface area contributed by atoms with Crippen LogP contribution in [0.3, 0.4) is 0 Å². The molecule has 4 heteroatoms. The van der Waals surface area contributed by atoms with Crippen LogP contribution in [0.1, 0.15) is 57.2 Å². The first kappa shape index (κ1) is 24.9. The molecule has 0 spiro atoms. The molecule has 1 heterocycles. The lowest BCUT2D eigenvalue weighted by atomic mass is 9.96. The van der Waals surface area contributed by atoms with E-state index < -0.39 is 0 Å². The van der Waals surface area contributed by atoms with Crippen LogP contribution < -0.4 is 0 Å². The van der Waals surface area contributed by atoms with E-state index in [1.807, 2.05) is 0 Å². The van der Waals surface area contributed by atoms with Crippen molar-refractivity contribution in [1.29, 1.82) is 0 Å². The van der Waals surface area contributed by atoms with E-state index in [1.54, 1.807) is 0 Å².